The maximum absolute atomic E-state index is 11.9. The van der Waals surface area contributed by atoms with Crippen LogP contribution in [0.25, 0.3) is 0 Å². The van der Waals surface area contributed by atoms with Gasteiger partial charge < -0.3 is 5.11 Å². The average molecular weight is 328 g/mol. The quantitative estimate of drug-likeness (QED) is 0.622. The highest BCUT2D eigenvalue weighted by Crippen LogP contribution is 2.18. The summed E-state index contributed by atoms with van der Waals surface area (Å²) in [6, 6.07) is 0. The van der Waals surface area contributed by atoms with E-state index in [1.807, 2.05) is 0 Å². The highest BCUT2D eigenvalue weighted by molar-refractivity contribution is 7.91. The molecule has 0 radical (unpaired) electrons. The van der Waals surface area contributed by atoms with Crippen molar-refractivity contribution in [2.24, 2.45) is 5.92 Å². The number of hydrogen-bond acceptors (Lipinski definition) is 5. The third-order valence-corrected chi connectivity index (χ3v) is 6.60. The van der Waals surface area contributed by atoms with Crippen LogP contribution in [0, 0.1) is 5.92 Å². The molecule has 0 aliphatic carbocycles. The summed E-state index contributed by atoms with van der Waals surface area (Å²) in [5, 5.41) is 8.84. The molecule has 0 amide bonds. The zero-order valence-electron chi connectivity index (χ0n) is 11.3. The molecule has 0 bridgehead atoms. The first kappa shape index (κ1) is 17.3. The third kappa shape index (κ3) is 5.00. The molecule has 8 nitrogen and oxygen atoms in total. The van der Waals surface area contributed by atoms with Gasteiger partial charge in [0.2, 0.25) is 0 Å². The summed E-state index contributed by atoms with van der Waals surface area (Å²) in [6.45, 7) is 1.59. The second-order valence-corrected chi connectivity index (χ2v) is 8.88. The van der Waals surface area contributed by atoms with Crippen LogP contribution in [0.1, 0.15) is 19.8 Å². The van der Waals surface area contributed by atoms with Gasteiger partial charge in [-0.3, -0.25) is 4.79 Å². The summed E-state index contributed by atoms with van der Waals surface area (Å²) < 4.78 is 49.7. The van der Waals surface area contributed by atoms with Crippen molar-refractivity contribution in [3.8, 4) is 0 Å². The van der Waals surface area contributed by atoms with Crippen molar-refractivity contribution in [1.82, 2.24) is 9.03 Å². The fraction of sp³-hybridized carbons (Fsp3) is 0.900. The van der Waals surface area contributed by atoms with Gasteiger partial charge in [-0.2, -0.15) is 12.7 Å². The number of carboxylic acids is 1. The lowest BCUT2D eigenvalue weighted by molar-refractivity contribution is -0.142. The minimum Gasteiger partial charge on any atom is -0.481 e. The van der Waals surface area contributed by atoms with Crippen molar-refractivity contribution in [2.75, 3.05) is 31.1 Å². The molecular weight excluding hydrogens is 308 g/mol. The van der Waals surface area contributed by atoms with Crippen molar-refractivity contribution < 1.29 is 26.7 Å². The predicted molar refractivity (Wildman–Crippen MR) is 73.2 cm³/mol. The Balaban J connectivity index is 2.48. The van der Waals surface area contributed by atoms with Crippen molar-refractivity contribution >= 4 is 26.0 Å². The minimum atomic E-state index is -3.74. The average Bonchev–Trinajstić information content (AvgIpc) is 2.38. The standard InChI is InChI=1S/C10H20N2O6S2/c1-2-19(15,16)8-5-11-20(17,18)12-6-3-9(4-7-12)10(13)14/h9,11H,2-8H2,1H3,(H,13,14). The largest absolute Gasteiger partial charge is 0.481 e. The number of nitrogens with zero attached hydrogens (tertiary/aromatic N) is 1. The van der Waals surface area contributed by atoms with Crippen LogP contribution in [0.2, 0.25) is 0 Å². The molecule has 0 aromatic heterocycles. The lowest BCUT2D eigenvalue weighted by atomic mass is 9.99. The maximum atomic E-state index is 11.9. The SMILES string of the molecule is CCS(=O)(=O)CCNS(=O)(=O)N1CCC(C(=O)O)CC1. The molecule has 1 saturated heterocycles. The molecule has 1 heterocycles. The summed E-state index contributed by atoms with van der Waals surface area (Å²) >= 11 is 0. The molecule has 0 saturated carbocycles. The summed E-state index contributed by atoms with van der Waals surface area (Å²) in [5.74, 6) is -1.70. The highest BCUT2D eigenvalue weighted by Gasteiger charge is 2.30. The number of sulfone groups is 1. The number of hydrogen-bond donors (Lipinski definition) is 2. The smallest absolute Gasteiger partial charge is 0.306 e. The van der Waals surface area contributed by atoms with Gasteiger partial charge in [-0.05, 0) is 12.8 Å². The highest BCUT2D eigenvalue weighted by atomic mass is 32.2. The molecule has 118 valence electrons. The Labute approximate surface area is 119 Å². The van der Waals surface area contributed by atoms with Gasteiger partial charge in [-0.15, -0.1) is 0 Å². The number of rotatable bonds is 7. The number of carbonyl (C=O) groups is 1. The summed E-state index contributed by atoms with van der Waals surface area (Å²) in [5.41, 5.74) is 0. The number of aliphatic carboxylic acids is 1. The fourth-order valence-corrected chi connectivity index (χ4v) is 3.97. The monoisotopic (exact) mass is 328 g/mol. The van der Waals surface area contributed by atoms with Crippen LogP contribution in [0.15, 0.2) is 0 Å². The van der Waals surface area contributed by atoms with Crippen LogP contribution in [0.5, 0.6) is 0 Å². The Hall–Kier alpha value is -0.710. The Bertz CT molecular complexity index is 534. The van der Waals surface area contributed by atoms with Gasteiger partial charge in [0, 0.05) is 25.4 Å². The van der Waals surface area contributed by atoms with Crippen LogP contribution < -0.4 is 4.72 Å². The van der Waals surface area contributed by atoms with Gasteiger partial charge in [0.1, 0.15) is 0 Å². The molecular formula is C10H20N2O6S2. The van der Waals surface area contributed by atoms with Gasteiger partial charge >= 0.3 is 5.97 Å². The Morgan fingerprint density at radius 2 is 1.80 bits per heavy atom. The van der Waals surface area contributed by atoms with E-state index in [0.717, 1.165) is 4.31 Å². The van der Waals surface area contributed by atoms with E-state index < -0.39 is 31.9 Å². The summed E-state index contributed by atoms with van der Waals surface area (Å²) in [6.07, 6.45) is 0.535. The lowest BCUT2D eigenvalue weighted by Crippen LogP contribution is -2.46. The zero-order chi connectivity index (χ0) is 15.4. The topological polar surface area (TPSA) is 121 Å². The van der Waals surface area contributed by atoms with Crippen LogP contribution in [-0.2, 0) is 24.8 Å². The first-order valence-corrected chi connectivity index (χ1v) is 9.62. The molecule has 0 spiro atoms. The van der Waals surface area contributed by atoms with E-state index in [0.29, 0.717) is 0 Å². The number of carboxylic acid groups (broad SMARTS) is 1. The Morgan fingerprint density at radius 1 is 1.25 bits per heavy atom. The van der Waals surface area contributed by atoms with Gasteiger partial charge in [-0.25, -0.2) is 13.1 Å². The molecule has 1 aliphatic heterocycles. The predicted octanol–water partition coefficient (Wildman–Crippen LogP) is -0.948. The van der Waals surface area contributed by atoms with E-state index in [2.05, 4.69) is 4.72 Å². The zero-order valence-corrected chi connectivity index (χ0v) is 12.9. The van der Waals surface area contributed by atoms with Gasteiger partial charge in [0.15, 0.2) is 9.84 Å². The van der Waals surface area contributed by atoms with Crippen molar-refractivity contribution in [2.45, 2.75) is 19.8 Å². The van der Waals surface area contributed by atoms with Gasteiger partial charge in [0.25, 0.3) is 10.2 Å². The van der Waals surface area contributed by atoms with Crippen molar-refractivity contribution in [1.29, 1.82) is 0 Å². The molecule has 0 aromatic rings. The van der Waals surface area contributed by atoms with E-state index in [9.17, 15) is 21.6 Å². The van der Waals surface area contributed by atoms with E-state index in [1.54, 1.807) is 0 Å². The minimum absolute atomic E-state index is 0.0290. The molecule has 20 heavy (non-hydrogen) atoms. The number of nitrogens with one attached hydrogen (secondary N) is 1. The second kappa shape index (κ2) is 6.83. The molecule has 0 aromatic carbocycles. The molecule has 1 aliphatic rings. The van der Waals surface area contributed by atoms with Crippen molar-refractivity contribution in [3.63, 3.8) is 0 Å². The van der Waals surface area contributed by atoms with Crippen LogP contribution in [0.4, 0.5) is 0 Å². The van der Waals surface area contributed by atoms with Crippen LogP contribution >= 0.6 is 0 Å². The van der Waals surface area contributed by atoms with E-state index >= 15 is 0 Å². The van der Waals surface area contributed by atoms with Gasteiger partial charge in [0.05, 0.1) is 11.7 Å². The van der Waals surface area contributed by atoms with Crippen molar-refractivity contribution in [3.05, 3.63) is 0 Å². The molecule has 1 rings (SSSR count). The first-order valence-electron chi connectivity index (χ1n) is 6.36. The van der Waals surface area contributed by atoms with E-state index in [-0.39, 0.29) is 44.0 Å². The normalized spacial score (nSPS) is 19.1. The first-order chi connectivity index (χ1) is 9.18. The summed E-state index contributed by atoms with van der Waals surface area (Å²) in [7, 11) is -6.95. The fourth-order valence-electron chi connectivity index (χ4n) is 1.90. The Kier molecular flexibility index (Phi) is 5.92. The Morgan fingerprint density at radius 3 is 2.25 bits per heavy atom. The van der Waals surface area contributed by atoms with Crippen LogP contribution in [0.3, 0.4) is 0 Å². The maximum Gasteiger partial charge on any atom is 0.306 e. The molecule has 0 atom stereocenters. The van der Waals surface area contributed by atoms with Gasteiger partial charge in [-0.1, -0.05) is 6.92 Å². The lowest BCUT2D eigenvalue weighted by Gasteiger charge is -2.29. The molecule has 2 N–H and O–H groups in total. The second-order valence-electron chi connectivity index (χ2n) is 4.65. The molecule has 0 unspecified atom stereocenters. The molecule has 1 fully saturated rings. The van der Waals surface area contributed by atoms with E-state index in [4.69, 9.17) is 5.11 Å². The van der Waals surface area contributed by atoms with Crippen LogP contribution in [-0.4, -0.2) is 63.4 Å². The van der Waals surface area contributed by atoms with E-state index in [1.165, 1.54) is 6.92 Å². The molecule has 10 heteroatoms. The number of piperidine rings is 1. The summed E-state index contributed by atoms with van der Waals surface area (Å²) in [4.78, 5) is 10.8. The third-order valence-electron chi connectivity index (χ3n) is 3.28.